The zero-order valence-electron chi connectivity index (χ0n) is 12.5. The van der Waals surface area contributed by atoms with E-state index in [-0.39, 0.29) is 23.6 Å². The molecule has 0 saturated heterocycles. The molecular weight excluding hydrogens is 241 g/mol. The normalized spacial score (nSPS) is 14.7. The minimum atomic E-state index is -0.732. The zero-order valence-corrected chi connectivity index (χ0v) is 12.5. The third-order valence-electron chi connectivity index (χ3n) is 3.18. The second-order valence-corrected chi connectivity index (χ2v) is 5.92. The van der Waals surface area contributed by atoms with Crippen LogP contribution in [-0.4, -0.2) is 17.4 Å². The van der Waals surface area contributed by atoms with E-state index in [4.69, 9.17) is 0 Å². The number of carbonyl (C=O) groups is 1. The number of rotatable bonds is 6. The zero-order chi connectivity index (χ0) is 14.6. The van der Waals surface area contributed by atoms with Crippen molar-refractivity contribution in [2.75, 3.05) is 0 Å². The largest absolute Gasteiger partial charge is 0.303 e. The van der Waals surface area contributed by atoms with Crippen molar-refractivity contribution in [1.29, 1.82) is 0 Å². The van der Waals surface area contributed by atoms with Crippen LogP contribution in [0.3, 0.4) is 0 Å². The van der Waals surface area contributed by atoms with Gasteiger partial charge in [0.15, 0.2) is 5.78 Å². The van der Waals surface area contributed by atoms with E-state index in [1.54, 1.807) is 18.2 Å². The lowest BCUT2D eigenvalue weighted by Gasteiger charge is -2.33. The lowest BCUT2D eigenvalue weighted by atomic mass is 9.83. The Morgan fingerprint density at radius 3 is 2.32 bits per heavy atom. The monoisotopic (exact) mass is 265 g/mol. The molecule has 0 aromatic heterocycles. The second kappa shape index (κ2) is 6.29. The van der Waals surface area contributed by atoms with Gasteiger partial charge >= 0.3 is 0 Å². The van der Waals surface area contributed by atoms with Gasteiger partial charge in [-0.1, -0.05) is 32.0 Å². The Morgan fingerprint density at radius 2 is 1.84 bits per heavy atom. The molecule has 0 aliphatic carbocycles. The molecule has 0 aliphatic heterocycles. The molecule has 0 radical (unpaired) electrons. The fraction of sp³-hybridized carbons (Fsp3) is 0.562. The van der Waals surface area contributed by atoms with Crippen molar-refractivity contribution in [2.24, 2.45) is 5.92 Å². The molecule has 19 heavy (non-hydrogen) atoms. The van der Waals surface area contributed by atoms with Gasteiger partial charge in [0.2, 0.25) is 0 Å². The molecular formula is C16H24FNO. The molecule has 1 aromatic rings. The molecule has 1 aromatic carbocycles. The first-order valence-electron chi connectivity index (χ1n) is 6.81. The molecule has 0 saturated carbocycles. The molecule has 0 fully saturated rings. The Bertz CT molecular complexity index is 442. The summed E-state index contributed by atoms with van der Waals surface area (Å²) < 4.78 is 13.8. The van der Waals surface area contributed by atoms with Crippen molar-refractivity contribution in [1.82, 2.24) is 5.32 Å². The van der Waals surface area contributed by atoms with E-state index in [1.165, 1.54) is 6.07 Å². The Hall–Kier alpha value is -1.22. The van der Waals surface area contributed by atoms with Crippen LogP contribution < -0.4 is 5.32 Å². The predicted octanol–water partition coefficient (Wildman–Crippen LogP) is 3.35. The van der Waals surface area contributed by atoms with Crippen LogP contribution >= 0.6 is 0 Å². The van der Waals surface area contributed by atoms with Gasteiger partial charge in [0.05, 0.1) is 5.54 Å². The molecule has 0 amide bonds. The molecule has 1 rings (SSSR count). The summed E-state index contributed by atoms with van der Waals surface area (Å²) >= 11 is 0. The Balaban J connectivity index is 3.05. The highest BCUT2D eigenvalue weighted by atomic mass is 19.1. The van der Waals surface area contributed by atoms with Gasteiger partial charge < -0.3 is 5.32 Å². The summed E-state index contributed by atoms with van der Waals surface area (Å²) in [4.78, 5) is 12.4. The lowest BCUT2D eigenvalue weighted by Crippen LogP contribution is -2.55. The minimum absolute atomic E-state index is 0.0805. The van der Waals surface area contributed by atoms with Crippen molar-refractivity contribution in [2.45, 2.75) is 52.6 Å². The number of hydrogen-bond acceptors (Lipinski definition) is 2. The summed E-state index contributed by atoms with van der Waals surface area (Å²) in [7, 11) is 0. The van der Waals surface area contributed by atoms with Crippen molar-refractivity contribution in [3.63, 3.8) is 0 Å². The SMILES string of the molecule is CC(C)N[C@@](C)(Cc1ccccc1F)C(=O)C(C)C. The second-order valence-electron chi connectivity index (χ2n) is 5.92. The average Bonchev–Trinajstić information content (AvgIpc) is 2.30. The van der Waals surface area contributed by atoms with Gasteiger partial charge in [0, 0.05) is 18.4 Å². The fourth-order valence-corrected chi connectivity index (χ4v) is 2.51. The first-order valence-corrected chi connectivity index (χ1v) is 6.81. The molecule has 0 heterocycles. The molecule has 3 heteroatoms. The van der Waals surface area contributed by atoms with Crippen LogP contribution in [0.25, 0.3) is 0 Å². The topological polar surface area (TPSA) is 29.1 Å². The highest BCUT2D eigenvalue weighted by molar-refractivity contribution is 5.90. The maximum Gasteiger partial charge on any atom is 0.155 e. The molecule has 0 bridgehead atoms. The van der Waals surface area contributed by atoms with Crippen LogP contribution in [-0.2, 0) is 11.2 Å². The van der Waals surface area contributed by atoms with Gasteiger partial charge in [-0.2, -0.15) is 0 Å². The predicted molar refractivity (Wildman–Crippen MR) is 76.6 cm³/mol. The molecule has 1 N–H and O–H groups in total. The lowest BCUT2D eigenvalue weighted by molar-refractivity contribution is -0.128. The van der Waals surface area contributed by atoms with Gasteiger partial charge in [-0.05, 0) is 32.4 Å². The van der Waals surface area contributed by atoms with Crippen molar-refractivity contribution in [3.8, 4) is 0 Å². The molecule has 0 aliphatic rings. The number of halogens is 1. The molecule has 1 atom stereocenters. The van der Waals surface area contributed by atoms with Crippen LogP contribution in [0.1, 0.15) is 40.2 Å². The Labute approximate surface area is 115 Å². The highest BCUT2D eigenvalue weighted by Crippen LogP contribution is 2.21. The molecule has 0 spiro atoms. The van der Waals surface area contributed by atoms with Crippen molar-refractivity contribution < 1.29 is 9.18 Å². The third kappa shape index (κ3) is 4.13. The number of ketones is 1. The van der Waals surface area contributed by atoms with Crippen molar-refractivity contribution >= 4 is 5.78 Å². The highest BCUT2D eigenvalue weighted by Gasteiger charge is 2.35. The van der Waals surface area contributed by atoms with E-state index in [2.05, 4.69) is 5.32 Å². The van der Waals surface area contributed by atoms with E-state index in [0.29, 0.717) is 12.0 Å². The van der Waals surface area contributed by atoms with Crippen molar-refractivity contribution in [3.05, 3.63) is 35.6 Å². The van der Waals surface area contributed by atoms with Crippen LogP contribution in [0.5, 0.6) is 0 Å². The first-order chi connectivity index (χ1) is 8.76. The summed E-state index contributed by atoms with van der Waals surface area (Å²) in [6.45, 7) is 9.61. The fourth-order valence-electron chi connectivity index (χ4n) is 2.51. The number of Topliss-reactive ketones (excluding diaryl/α,β-unsaturated/α-hetero) is 1. The maximum atomic E-state index is 13.8. The molecule has 0 unspecified atom stereocenters. The number of carbonyl (C=O) groups excluding carboxylic acids is 1. The van der Waals surface area contributed by atoms with E-state index in [9.17, 15) is 9.18 Å². The number of benzene rings is 1. The van der Waals surface area contributed by atoms with E-state index < -0.39 is 5.54 Å². The minimum Gasteiger partial charge on any atom is -0.303 e. The summed E-state index contributed by atoms with van der Waals surface area (Å²) in [5.41, 5.74) is -0.156. The quantitative estimate of drug-likeness (QED) is 0.854. The van der Waals surface area contributed by atoms with E-state index >= 15 is 0 Å². The van der Waals surface area contributed by atoms with E-state index in [1.807, 2.05) is 34.6 Å². The smallest absolute Gasteiger partial charge is 0.155 e. The van der Waals surface area contributed by atoms with Crippen LogP contribution in [0.15, 0.2) is 24.3 Å². The van der Waals surface area contributed by atoms with Gasteiger partial charge in [0.1, 0.15) is 5.82 Å². The summed E-state index contributed by atoms with van der Waals surface area (Å²) in [5.74, 6) is -0.219. The van der Waals surface area contributed by atoms with Gasteiger partial charge in [0.25, 0.3) is 0 Å². The Kier molecular flexibility index (Phi) is 5.24. The Morgan fingerprint density at radius 1 is 1.26 bits per heavy atom. The first kappa shape index (κ1) is 15.8. The summed E-state index contributed by atoms with van der Waals surface area (Å²) in [6, 6.07) is 6.80. The van der Waals surface area contributed by atoms with Crippen LogP contribution in [0.4, 0.5) is 4.39 Å². The van der Waals surface area contributed by atoms with Gasteiger partial charge in [-0.25, -0.2) is 4.39 Å². The van der Waals surface area contributed by atoms with Crippen LogP contribution in [0.2, 0.25) is 0 Å². The van der Waals surface area contributed by atoms with Gasteiger partial charge in [-0.3, -0.25) is 4.79 Å². The summed E-state index contributed by atoms with van der Waals surface area (Å²) in [5, 5.41) is 3.30. The summed E-state index contributed by atoms with van der Waals surface area (Å²) in [6.07, 6.45) is 0.370. The number of nitrogens with one attached hydrogen (secondary N) is 1. The van der Waals surface area contributed by atoms with Crippen LogP contribution in [0, 0.1) is 11.7 Å². The van der Waals surface area contributed by atoms with E-state index in [0.717, 1.165) is 0 Å². The average molecular weight is 265 g/mol. The standard InChI is InChI=1S/C16H24FNO/c1-11(2)15(19)16(5,18-12(3)4)10-13-8-6-7-9-14(13)17/h6-9,11-12,18H,10H2,1-5H3/t16-/m0/s1. The van der Waals surface area contributed by atoms with Gasteiger partial charge in [-0.15, -0.1) is 0 Å². The molecule has 2 nitrogen and oxygen atoms in total. The maximum absolute atomic E-state index is 13.8. The molecule has 106 valence electrons. The number of hydrogen-bond donors (Lipinski definition) is 1. The third-order valence-corrected chi connectivity index (χ3v) is 3.18.